The van der Waals surface area contributed by atoms with Gasteiger partial charge in [-0.1, -0.05) is 60.4 Å². The molecule has 2 aromatic carbocycles. The molecule has 2 amide bonds. The van der Waals surface area contributed by atoms with E-state index in [1.807, 2.05) is 73.7 Å². The summed E-state index contributed by atoms with van der Waals surface area (Å²) in [6.07, 6.45) is 3.80. The normalized spacial score (nSPS) is 16.0. The van der Waals surface area contributed by atoms with Crippen LogP contribution in [0.15, 0.2) is 71.2 Å². The highest BCUT2D eigenvalue weighted by atomic mass is 127. The molecule has 1 N–H and O–H groups in total. The van der Waals surface area contributed by atoms with Crippen molar-refractivity contribution in [3.05, 3.63) is 80.3 Å². The zero-order chi connectivity index (χ0) is 20.1. The number of allylic oxidation sites excluding steroid dienone is 2. The van der Waals surface area contributed by atoms with Crippen LogP contribution in [0.1, 0.15) is 12.5 Å². The lowest BCUT2D eigenvalue weighted by atomic mass is 10.1. The van der Waals surface area contributed by atoms with E-state index < -0.39 is 0 Å². The first-order valence-corrected chi connectivity index (χ1v) is 10.8. The SMILES string of the molecule is CC(=Cc1ccccc1)C=C1SC(=S)N(CC(=O)Nc2ccc(I)cc2)C1=O. The Morgan fingerprint density at radius 3 is 2.54 bits per heavy atom. The van der Waals surface area contributed by atoms with E-state index in [1.165, 1.54) is 16.7 Å². The van der Waals surface area contributed by atoms with Crippen molar-refractivity contribution in [2.24, 2.45) is 0 Å². The third-order valence-electron chi connectivity index (χ3n) is 3.86. The highest BCUT2D eigenvalue weighted by Gasteiger charge is 2.33. The molecular formula is C21H17IN2O2S2. The molecule has 1 aliphatic rings. The molecule has 7 heteroatoms. The highest BCUT2D eigenvalue weighted by molar-refractivity contribution is 14.1. The number of nitrogens with one attached hydrogen (secondary N) is 1. The Morgan fingerprint density at radius 1 is 1.18 bits per heavy atom. The number of hydrogen-bond acceptors (Lipinski definition) is 4. The largest absolute Gasteiger partial charge is 0.325 e. The fraction of sp³-hybridized carbons (Fsp3) is 0.0952. The van der Waals surface area contributed by atoms with E-state index in [1.54, 1.807) is 0 Å². The molecule has 0 spiro atoms. The van der Waals surface area contributed by atoms with Crippen molar-refractivity contribution in [2.45, 2.75) is 6.92 Å². The summed E-state index contributed by atoms with van der Waals surface area (Å²) in [5, 5.41) is 2.79. The van der Waals surface area contributed by atoms with Crippen molar-refractivity contribution < 1.29 is 9.59 Å². The van der Waals surface area contributed by atoms with Crippen LogP contribution in [0.25, 0.3) is 6.08 Å². The lowest BCUT2D eigenvalue weighted by Crippen LogP contribution is -2.36. The highest BCUT2D eigenvalue weighted by Crippen LogP contribution is 2.32. The van der Waals surface area contributed by atoms with Crippen LogP contribution in [0.3, 0.4) is 0 Å². The summed E-state index contributed by atoms with van der Waals surface area (Å²) in [7, 11) is 0. The average Bonchev–Trinajstić information content (AvgIpc) is 2.91. The third kappa shape index (κ3) is 5.52. The topological polar surface area (TPSA) is 49.4 Å². The summed E-state index contributed by atoms with van der Waals surface area (Å²) >= 11 is 8.72. The Hall–Kier alpha value is -1.97. The zero-order valence-electron chi connectivity index (χ0n) is 15.0. The Morgan fingerprint density at radius 2 is 1.86 bits per heavy atom. The summed E-state index contributed by atoms with van der Waals surface area (Å²) in [4.78, 5) is 26.8. The molecular weight excluding hydrogens is 503 g/mol. The molecule has 3 rings (SSSR count). The molecule has 1 fully saturated rings. The number of carbonyl (C=O) groups is 2. The molecule has 0 aliphatic carbocycles. The van der Waals surface area contributed by atoms with Gasteiger partial charge in [0.15, 0.2) is 0 Å². The minimum Gasteiger partial charge on any atom is -0.325 e. The van der Waals surface area contributed by atoms with Crippen molar-refractivity contribution >= 4 is 74.5 Å². The molecule has 0 bridgehead atoms. The fourth-order valence-electron chi connectivity index (χ4n) is 2.57. The first kappa shape index (κ1) is 20.8. The predicted octanol–water partition coefficient (Wildman–Crippen LogP) is 5.08. The number of thiocarbonyl (C=S) groups is 1. The number of anilines is 1. The zero-order valence-corrected chi connectivity index (χ0v) is 18.8. The van der Waals surface area contributed by atoms with E-state index in [4.69, 9.17) is 12.2 Å². The molecule has 142 valence electrons. The van der Waals surface area contributed by atoms with Crippen LogP contribution >= 0.6 is 46.6 Å². The number of rotatable bonds is 5. The van der Waals surface area contributed by atoms with Gasteiger partial charge in [-0.2, -0.15) is 0 Å². The fourth-order valence-corrected chi connectivity index (χ4v) is 4.24. The van der Waals surface area contributed by atoms with Crippen molar-refractivity contribution in [1.82, 2.24) is 4.90 Å². The van der Waals surface area contributed by atoms with E-state index in [0.717, 1.165) is 14.7 Å². The van der Waals surface area contributed by atoms with Crippen LogP contribution < -0.4 is 5.32 Å². The van der Waals surface area contributed by atoms with Crippen molar-refractivity contribution in [3.8, 4) is 0 Å². The third-order valence-corrected chi connectivity index (χ3v) is 5.95. The van der Waals surface area contributed by atoms with Gasteiger partial charge in [-0.25, -0.2) is 0 Å². The molecule has 0 saturated carbocycles. The second-order valence-electron chi connectivity index (χ2n) is 6.12. The van der Waals surface area contributed by atoms with Crippen LogP contribution in [0.4, 0.5) is 5.69 Å². The summed E-state index contributed by atoms with van der Waals surface area (Å²) in [6.45, 7) is 1.83. The molecule has 0 radical (unpaired) electrons. The van der Waals surface area contributed by atoms with Crippen molar-refractivity contribution in [1.29, 1.82) is 0 Å². The van der Waals surface area contributed by atoms with E-state index in [2.05, 4.69) is 27.9 Å². The van der Waals surface area contributed by atoms with Crippen LogP contribution in [-0.2, 0) is 9.59 Å². The van der Waals surface area contributed by atoms with Crippen molar-refractivity contribution in [2.75, 3.05) is 11.9 Å². The van der Waals surface area contributed by atoms with Gasteiger partial charge in [-0.05, 0) is 71.0 Å². The number of nitrogens with zero attached hydrogens (tertiary/aromatic N) is 1. The number of amides is 2. The number of halogens is 1. The van der Waals surface area contributed by atoms with Crippen LogP contribution in [0, 0.1) is 3.57 Å². The lowest BCUT2D eigenvalue weighted by molar-refractivity contribution is -0.126. The Balaban J connectivity index is 1.66. The minimum atomic E-state index is -0.282. The van der Waals surface area contributed by atoms with Gasteiger partial charge in [0.25, 0.3) is 5.91 Å². The first-order chi connectivity index (χ1) is 13.4. The quantitative estimate of drug-likeness (QED) is 0.340. The maximum absolute atomic E-state index is 12.7. The van der Waals surface area contributed by atoms with Crippen LogP contribution in [-0.4, -0.2) is 27.6 Å². The molecule has 28 heavy (non-hydrogen) atoms. The van der Waals surface area contributed by atoms with Crippen molar-refractivity contribution in [3.63, 3.8) is 0 Å². The Labute approximate surface area is 187 Å². The Bertz CT molecular complexity index is 970. The maximum atomic E-state index is 12.7. The monoisotopic (exact) mass is 520 g/mol. The van der Waals surface area contributed by atoms with Gasteiger partial charge in [0.2, 0.25) is 5.91 Å². The van der Waals surface area contributed by atoms with E-state index in [9.17, 15) is 9.59 Å². The standard InChI is InChI=1S/C21H17IN2O2S2/c1-14(11-15-5-3-2-4-6-15)12-18-20(26)24(21(27)28-18)13-19(25)23-17-9-7-16(22)8-10-17/h2-12H,13H2,1H3,(H,23,25). The summed E-state index contributed by atoms with van der Waals surface area (Å²) < 4.78 is 1.47. The number of carbonyl (C=O) groups excluding carboxylic acids is 2. The van der Waals surface area contributed by atoms with Gasteiger partial charge >= 0.3 is 0 Å². The van der Waals surface area contributed by atoms with E-state index >= 15 is 0 Å². The minimum absolute atomic E-state index is 0.102. The van der Waals surface area contributed by atoms with Gasteiger partial charge in [-0.3, -0.25) is 14.5 Å². The molecule has 2 aromatic rings. The van der Waals surface area contributed by atoms with Gasteiger partial charge < -0.3 is 5.32 Å². The first-order valence-electron chi connectivity index (χ1n) is 8.46. The molecule has 0 unspecified atom stereocenters. The van der Waals surface area contributed by atoms with Crippen LogP contribution in [0.5, 0.6) is 0 Å². The molecule has 1 aliphatic heterocycles. The molecule has 1 saturated heterocycles. The molecule has 0 atom stereocenters. The average molecular weight is 520 g/mol. The number of benzene rings is 2. The molecule has 0 aromatic heterocycles. The van der Waals surface area contributed by atoms with Gasteiger partial charge in [-0.15, -0.1) is 0 Å². The molecule has 1 heterocycles. The lowest BCUT2D eigenvalue weighted by Gasteiger charge is -2.14. The number of hydrogen-bond donors (Lipinski definition) is 1. The Kier molecular flexibility index (Phi) is 7.03. The van der Waals surface area contributed by atoms with E-state index in [-0.39, 0.29) is 18.4 Å². The van der Waals surface area contributed by atoms with Gasteiger partial charge in [0, 0.05) is 9.26 Å². The smallest absolute Gasteiger partial charge is 0.266 e. The molecule has 4 nitrogen and oxygen atoms in total. The van der Waals surface area contributed by atoms with Gasteiger partial charge in [0.1, 0.15) is 10.9 Å². The maximum Gasteiger partial charge on any atom is 0.266 e. The summed E-state index contributed by atoms with van der Waals surface area (Å²) in [6, 6.07) is 17.3. The summed E-state index contributed by atoms with van der Waals surface area (Å²) in [5.41, 5.74) is 2.69. The second kappa shape index (κ2) is 9.49. The second-order valence-corrected chi connectivity index (χ2v) is 9.04. The summed E-state index contributed by atoms with van der Waals surface area (Å²) in [5.74, 6) is -0.524. The number of thioether (sulfide) groups is 1. The van der Waals surface area contributed by atoms with Crippen LogP contribution in [0.2, 0.25) is 0 Å². The van der Waals surface area contributed by atoms with Gasteiger partial charge in [0.05, 0.1) is 4.91 Å². The predicted molar refractivity (Wildman–Crippen MR) is 128 cm³/mol. The van der Waals surface area contributed by atoms with E-state index in [0.29, 0.717) is 14.9 Å².